The summed E-state index contributed by atoms with van der Waals surface area (Å²) in [5.41, 5.74) is -0.275. The van der Waals surface area contributed by atoms with Crippen molar-refractivity contribution in [2.45, 2.75) is 39.8 Å². The van der Waals surface area contributed by atoms with Crippen molar-refractivity contribution >= 4 is 17.7 Å². The van der Waals surface area contributed by atoms with Crippen LogP contribution in [0.1, 0.15) is 43.7 Å². The average molecular weight is 295 g/mol. The lowest BCUT2D eigenvalue weighted by molar-refractivity contribution is -0.389. The molecule has 1 rings (SSSR count). The van der Waals surface area contributed by atoms with Gasteiger partial charge in [0.25, 0.3) is 0 Å². The van der Waals surface area contributed by atoms with Gasteiger partial charge >= 0.3 is 11.9 Å². The van der Waals surface area contributed by atoms with E-state index >= 15 is 0 Å². The van der Waals surface area contributed by atoms with Gasteiger partial charge in [0, 0.05) is 11.6 Å². The third kappa shape index (κ3) is 5.55. The van der Waals surface area contributed by atoms with Crippen molar-refractivity contribution in [3.8, 4) is 0 Å². The fraction of sp³-hybridized carbons (Fsp3) is 0.462. The summed E-state index contributed by atoms with van der Waals surface area (Å²) >= 11 is 0. The van der Waals surface area contributed by atoms with Crippen LogP contribution < -0.4 is 5.32 Å². The summed E-state index contributed by atoms with van der Waals surface area (Å²) in [4.78, 5) is 36.7. The molecule has 0 unspecified atom stereocenters. The molecular formula is C13H17N3O5. The molecule has 1 aromatic rings. The lowest BCUT2D eigenvalue weighted by Crippen LogP contribution is -2.32. The van der Waals surface area contributed by atoms with E-state index in [0.29, 0.717) is 0 Å². The van der Waals surface area contributed by atoms with Crippen LogP contribution in [0.2, 0.25) is 0 Å². The zero-order valence-electron chi connectivity index (χ0n) is 12.3. The maximum atomic E-state index is 11.5. The molecule has 0 saturated carbocycles. The van der Waals surface area contributed by atoms with E-state index in [1.54, 1.807) is 20.8 Å². The lowest BCUT2D eigenvalue weighted by atomic mass is 10.1. The molecule has 1 amide bonds. The minimum absolute atomic E-state index is 0.0725. The lowest BCUT2D eigenvalue weighted by Gasteiger charge is -2.19. The Morgan fingerprint density at radius 2 is 2.00 bits per heavy atom. The summed E-state index contributed by atoms with van der Waals surface area (Å²) in [5.74, 6) is -0.761. The molecule has 0 spiro atoms. The molecule has 21 heavy (non-hydrogen) atoms. The SMILES string of the molecule is CC(=O)c1cc(CNC(=O)OC(C)(C)C)nc([N+](=O)[O-])c1. The Balaban J connectivity index is 2.86. The molecule has 1 heterocycles. The van der Waals surface area contributed by atoms with Crippen LogP contribution in [0.15, 0.2) is 12.1 Å². The quantitative estimate of drug-likeness (QED) is 0.518. The first kappa shape index (κ1) is 16.5. The van der Waals surface area contributed by atoms with Crippen molar-refractivity contribution < 1.29 is 19.2 Å². The van der Waals surface area contributed by atoms with E-state index in [4.69, 9.17) is 4.74 Å². The summed E-state index contributed by atoms with van der Waals surface area (Å²) in [7, 11) is 0. The Morgan fingerprint density at radius 3 is 2.48 bits per heavy atom. The summed E-state index contributed by atoms with van der Waals surface area (Å²) < 4.78 is 5.04. The van der Waals surface area contributed by atoms with Crippen molar-refractivity contribution in [3.63, 3.8) is 0 Å². The second-order valence-electron chi connectivity index (χ2n) is 5.37. The van der Waals surface area contributed by atoms with Crippen molar-refractivity contribution in [2.24, 2.45) is 0 Å². The van der Waals surface area contributed by atoms with Crippen LogP contribution in [0.5, 0.6) is 0 Å². The van der Waals surface area contributed by atoms with E-state index in [0.717, 1.165) is 6.07 Å². The third-order valence-corrected chi connectivity index (χ3v) is 2.27. The number of ketones is 1. The van der Waals surface area contributed by atoms with E-state index in [9.17, 15) is 19.7 Å². The van der Waals surface area contributed by atoms with Gasteiger partial charge in [0.05, 0.1) is 6.54 Å². The largest absolute Gasteiger partial charge is 0.444 e. The number of pyridine rings is 1. The third-order valence-electron chi connectivity index (χ3n) is 2.27. The summed E-state index contributed by atoms with van der Waals surface area (Å²) in [6.07, 6.45) is -0.666. The highest BCUT2D eigenvalue weighted by Gasteiger charge is 2.19. The Labute approximate surface area is 121 Å². The Hall–Kier alpha value is -2.51. The van der Waals surface area contributed by atoms with Crippen LogP contribution in [-0.2, 0) is 11.3 Å². The maximum Gasteiger partial charge on any atom is 0.408 e. The number of ether oxygens (including phenoxy) is 1. The molecule has 8 nitrogen and oxygen atoms in total. The average Bonchev–Trinajstić information content (AvgIpc) is 2.33. The standard InChI is InChI=1S/C13H17N3O5/c1-8(17)9-5-10(15-11(6-9)16(19)20)7-14-12(18)21-13(2,3)4/h5-6H,7H2,1-4H3,(H,14,18). The van der Waals surface area contributed by atoms with Crippen LogP contribution in [0, 0.1) is 10.1 Å². The Bertz CT molecular complexity index is 545. The zero-order valence-corrected chi connectivity index (χ0v) is 12.3. The molecule has 114 valence electrons. The van der Waals surface area contributed by atoms with Crippen LogP contribution >= 0.6 is 0 Å². The molecule has 0 atom stereocenters. The second kappa shape index (κ2) is 6.29. The molecule has 0 fully saturated rings. The molecule has 8 heteroatoms. The van der Waals surface area contributed by atoms with Gasteiger partial charge in [-0.2, -0.15) is 0 Å². The number of nitro groups is 1. The Morgan fingerprint density at radius 1 is 1.38 bits per heavy atom. The molecule has 1 aromatic heterocycles. The first-order chi connectivity index (χ1) is 9.58. The summed E-state index contributed by atoms with van der Waals surface area (Å²) in [5, 5.41) is 13.2. The maximum absolute atomic E-state index is 11.5. The molecule has 0 aliphatic rings. The number of aromatic nitrogens is 1. The number of amides is 1. The number of hydrogen-bond donors (Lipinski definition) is 1. The fourth-order valence-corrected chi connectivity index (χ4v) is 1.44. The van der Waals surface area contributed by atoms with E-state index in [1.165, 1.54) is 13.0 Å². The zero-order chi connectivity index (χ0) is 16.2. The topological polar surface area (TPSA) is 111 Å². The fourth-order valence-electron chi connectivity index (χ4n) is 1.44. The van der Waals surface area contributed by atoms with E-state index in [-0.39, 0.29) is 23.6 Å². The highest BCUT2D eigenvalue weighted by atomic mass is 16.6. The van der Waals surface area contributed by atoms with E-state index < -0.39 is 22.4 Å². The van der Waals surface area contributed by atoms with Crippen LogP contribution in [0.4, 0.5) is 10.6 Å². The van der Waals surface area contributed by atoms with Gasteiger partial charge in [-0.05, 0) is 43.7 Å². The van der Waals surface area contributed by atoms with E-state index in [2.05, 4.69) is 10.3 Å². The molecule has 0 aliphatic heterocycles. The smallest absolute Gasteiger partial charge is 0.408 e. The van der Waals surface area contributed by atoms with Gasteiger partial charge in [-0.3, -0.25) is 4.79 Å². The Kier molecular flexibility index (Phi) is 4.96. The van der Waals surface area contributed by atoms with Crippen LogP contribution in [0.25, 0.3) is 0 Å². The van der Waals surface area contributed by atoms with Crippen molar-refractivity contribution in [1.29, 1.82) is 0 Å². The number of Topliss-reactive ketones (excluding diaryl/α,β-unsaturated/α-hetero) is 1. The molecule has 0 saturated heterocycles. The van der Waals surface area contributed by atoms with Gasteiger partial charge in [-0.1, -0.05) is 0 Å². The number of alkyl carbamates (subject to hydrolysis) is 1. The monoisotopic (exact) mass is 295 g/mol. The molecule has 0 aromatic carbocycles. The normalized spacial score (nSPS) is 10.9. The summed E-state index contributed by atoms with van der Waals surface area (Å²) in [6, 6.07) is 2.49. The number of nitrogens with one attached hydrogen (secondary N) is 1. The van der Waals surface area contributed by atoms with E-state index in [1.807, 2.05) is 0 Å². The molecular weight excluding hydrogens is 278 g/mol. The highest BCUT2D eigenvalue weighted by Crippen LogP contribution is 2.14. The molecule has 0 aliphatic carbocycles. The number of carbonyl (C=O) groups excluding carboxylic acids is 2. The molecule has 0 bridgehead atoms. The van der Waals surface area contributed by atoms with Gasteiger partial charge < -0.3 is 20.2 Å². The predicted octanol–water partition coefficient (Wildman–Crippen LogP) is 2.22. The van der Waals surface area contributed by atoms with Gasteiger partial charge in [-0.25, -0.2) is 4.79 Å². The minimum Gasteiger partial charge on any atom is -0.444 e. The van der Waals surface area contributed by atoms with Crippen LogP contribution in [0.3, 0.4) is 0 Å². The number of carbonyl (C=O) groups is 2. The van der Waals surface area contributed by atoms with Gasteiger partial charge in [0.1, 0.15) is 5.60 Å². The number of rotatable bonds is 4. The highest BCUT2D eigenvalue weighted by molar-refractivity contribution is 5.94. The predicted molar refractivity (Wildman–Crippen MR) is 74.0 cm³/mol. The van der Waals surface area contributed by atoms with Gasteiger partial charge in [-0.15, -0.1) is 0 Å². The van der Waals surface area contributed by atoms with Crippen molar-refractivity contribution in [3.05, 3.63) is 33.5 Å². The summed E-state index contributed by atoms with van der Waals surface area (Å²) in [6.45, 7) is 6.37. The first-order valence-corrected chi connectivity index (χ1v) is 6.21. The van der Waals surface area contributed by atoms with Crippen molar-refractivity contribution in [2.75, 3.05) is 0 Å². The number of hydrogen-bond acceptors (Lipinski definition) is 6. The number of nitrogens with zero attached hydrogens (tertiary/aromatic N) is 2. The van der Waals surface area contributed by atoms with Crippen LogP contribution in [-0.4, -0.2) is 27.4 Å². The van der Waals surface area contributed by atoms with Gasteiger partial charge in [0.15, 0.2) is 11.5 Å². The molecule has 1 N–H and O–H groups in total. The molecule has 0 radical (unpaired) electrons. The second-order valence-corrected chi connectivity index (χ2v) is 5.37. The first-order valence-electron chi connectivity index (χ1n) is 6.21. The van der Waals surface area contributed by atoms with Crippen molar-refractivity contribution in [1.82, 2.24) is 10.3 Å². The van der Waals surface area contributed by atoms with Gasteiger partial charge in [0.2, 0.25) is 0 Å². The minimum atomic E-state index is -0.691.